The van der Waals surface area contributed by atoms with Gasteiger partial charge in [0.2, 0.25) is 0 Å². The number of amides is 4. The van der Waals surface area contributed by atoms with Crippen LogP contribution in [-0.4, -0.2) is 70.2 Å². The molecule has 0 spiro atoms. The number of anilines is 1. The lowest BCUT2D eigenvalue weighted by atomic mass is 10.0. The first-order chi connectivity index (χ1) is 19.5. The highest BCUT2D eigenvalue weighted by Crippen LogP contribution is 2.29. The lowest BCUT2D eigenvalue weighted by Gasteiger charge is -2.38. The zero-order chi connectivity index (χ0) is 29.7. The summed E-state index contributed by atoms with van der Waals surface area (Å²) >= 11 is 5.81. The van der Waals surface area contributed by atoms with Gasteiger partial charge < -0.3 is 25.6 Å². The van der Waals surface area contributed by atoms with Gasteiger partial charge in [-0.05, 0) is 48.4 Å². The Hall–Kier alpha value is -4.17. The van der Waals surface area contributed by atoms with Crippen molar-refractivity contribution >= 4 is 35.3 Å². The Kier molecular flexibility index (Phi) is 9.13. The Balaban J connectivity index is 1.62. The number of carbonyl (C=O) groups is 3. The molecule has 2 aromatic heterocycles. The summed E-state index contributed by atoms with van der Waals surface area (Å²) in [6.45, 7) is 0.447. The zero-order valence-electron chi connectivity index (χ0n) is 22.0. The van der Waals surface area contributed by atoms with Gasteiger partial charge in [-0.2, -0.15) is 5.10 Å². The third-order valence-electron chi connectivity index (χ3n) is 6.34. The van der Waals surface area contributed by atoms with Crippen molar-refractivity contribution in [1.29, 1.82) is 0 Å². The van der Waals surface area contributed by atoms with E-state index in [0.29, 0.717) is 12.1 Å². The average Bonchev–Trinajstić information content (AvgIpc) is 3.43. The second-order valence-corrected chi connectivity index (χ2v) is 9.60. The number of hydrogen-bond acceptors (Lipinski definition) is 6. The minimum Gasteiger partial charge on any atom is -0.382 e. The number of pyridine rings is 1. The molecule has 0 unspecified atom stereocenters. The highest BCUT2D eigenvalue weighted by molar-refractivity contribution is 6.30. The fourth-order valence-electron chi connectivity index (χ4n) is 4.35. The normalized spacial score (nSPS) is 16.0. The number of benzene rings is 1. The Labute approximate surface area is 238 Å². The minimum absolute atomic E-state index is 0.00920. The molecule has 4 rings (SSSR count). The van der Waals surface area contributed by atoms with Gasteiger partial charge in [0.15, 0.2) is 0 Å². The third kappa shape index (κ3) is 6.95. The molecule has 218 valence electrons. The highest BCUT2D eigenvalue weighted by atomic mass is 35.5. The van der Waals surface area contributed by atoms with E-state index in [1.807, 2.05) is 0 Å². The van der Waals surface area contributed by atoms with Crippen molar-refractivity contribution in [1.82, 2.24) is 30.3 Å². The predicted octanol–water partition coefficient (Wildman–Crippen LogP) is 3.55. The first-order valence-electron chi connectivity index (χ1n) is 12.5. The van der Waals surface area contributed by atoms with Crippen molar-refractivity contribution in [2.45, 2.75) is 31.5 Å². The summed E-state index contributed by atoms with van der Waals surface area (Å²) in [6, 6.07) is 5.02. The molecule has 0 aliphatic carbocycles. The first kappa shape index (κ1) is 29.8. The topological polar surface area (TPSA) is 130 Å². The van der Waals surface area contributed by atoms with Crippen LogP contribution in [0.3, 0.4) is 0 Å². The second-order valence-electron chi connectivity index (χ2n) is 9.19. The van der Waals surface area contributed by atoms with Gasteiger partial charge in [-0.25, -0.2) is 22.9 Å². The molecular formula is C26H27ClF3N7O4. The Morgan fingerprint density at radius 1 is 1.20 bits per heavy atom. The molecule has 2 atom stereocenters. The maximum Gasteiger partial charge on any atom is 0.318 e. The molecule has 3 aromatic rings. The predicted molar refractivity (Wildman–Crippen MR) is 142 cm³/mol. The van der Waals surface area contributed by atoms with Crippen LogP contribution in [0, 0.1) is 5.82 Å². The zero-order valence-corrected chi connectivity index (χ0v) is 22.8. The van der Waals surface area contributed by atoms with E-state index >= 15 is 0 Å². The van der Waals surface area contributed by atoms with E-state index in [2.05, 4.69) is 26.0 Å². The van der Waals surface area contributed by atoms with E-state index < -0.39 is 54.8 Å². The molecular weight excluding hydrogens is 567 g/mol. The molecule has 3 heterocycles. The van der Waals surface area contributed by atoms with Crippen LogP contribution in [0.2, 0.25) is 5.02 Å². The number of nitrogens with zero attached hydrogens (tertiary/aromatic N) is 4. The van der Waals surface area contributed by atoms with Crippen LogP contribution in [0.1, 0.15) is 40.6 Å². The molecule has 1 fully saturated rings. The quantitative estimate of drug-likeness (QED) is 0.330. The van der Waals surface area contributed by atoms with Crippen molar-refractivity contribution in [2.75, 3.05) is 32.1 Å². The first-order valence-corrected chi connectivity index (χ1v) is 12.9. The number of methoxy groups -OCH3 is 1. The number of rotatable bonds is 10. The number of alkyl halides is 2. The van der Waals surface area contributed by atoms with E-state index in [1.54, 1.807) is 6.92 Å². The Morgan fingerprint density at radius 2 is 1.98 bits per heavy atom. The van der Waals surface area contributed by atoms with Crippen LogP contribution in [0.15, 0.2) is 48.8 Å². The van der Waals surface area contributed by atoms with Crippen LogP contribution in [0.4, 0.5) is 23.8 Å². The van der Waals surface area contributed by atoms with E-state index in [9.17, 15) is 27.6 Å². The van der Waals surface area contributed by atoms with Gasteiger partial charge in [-0.1, -0.05) is 17.7 Å². The molecule has 3 N–H and O–H groups in total. The van der Waals surface area contributed by atoms with Gasteiger partial charge in [-0.3, -0.25) is 14.3 Å². The standard InChI is InChI=1S/C26H27ClF3N7O4/c1-3-37-19(7-9-33-37)23(38)35-22(16-4-5-17(27)18(28)10-16)24(39)34-21-11-15(6-8-31-21)20(12-41-2)36-14-26(29,30)13-32-25(36)40/h4-11,20,22H,3,12-14H2,1-2H3,(H,32,40)(H,35,38)(H,31,34,39)/t20-,22+/m1/s1. The Bertz CT molecular complexity index is 1440. The van der Waals surface area contributed by atoms with Crippen molar-refractivity contribution in [3.05, 3.63) is 76.5 Å². The van der Waals surface area contributed by atoms with Gasteiger partial charge in [0.05, 0.1) is 30.8 Å². The molecule has 11 nitrogen and oxygen atoms in total. The summed E-state index contributed by atoms with van der Waals surface area (Å²) in [5.74, 6) is -5.38. The van der Waals surface area contributed by atoms with E-state index in [1.165, 1.54) is 54.5 Å². The van der Waals surface area contributed by atoms with Gasteiger partial charge in [0, 0.05) is 26.0 Å². The maximum absolute atomic E-state index is 14.3. The summed E-state index contributed by atoms with van der Waals surface area (Å²) in [7, 11) is 1.36. The number of carbonyl (C=O) groups excluding carboxylic acids is 3. The minimum atomic E-state index is -3.16. The SMILES string of the molecule is CCn1nccc1C(=O)N[C@H](C(=O)Nc1cc([C@@H](COC)N2CC(F)(F)CNC2=O)ccn1)c1ccc(Cl)c(F)c1. The Morgan fingerprint density at radius 3 is 2.68 bits per heavy atom. The fourth-order valence-corrected chi connectivity index (χ4v) is 4.47. The lowest BCUT2D eigenvalue weighted by Crippen LogP contribution is -2.58. The van der Waals surface area contributed by atoms with Crippen molar-refractivity contribution in [3.63, 3.8) is 0 Å². The van der Waals surface area contributed by atoms with Gasteiger partial charge >= 0.3 is 6.03 Å². The molecule has 0 radical (unpaired) electrons. The van der Waals surface area contributed by atoms with Crippen molar-refractivity contribution < 1.29 is 32.3 Å². The molecule has 41 heavy (non-hydrogen) atoms. The average molecular weight is 594 g/mol. The summed E-state index contributed by atoms with van der Waals surface area (Å²) in [4.78, 5) is 44.0. The number of aryl methyl sites for hydroxylation is 1. The molecule has 0 saturated carbocycles. The van der Waals surface area contributed by atoms with Gasteiger partial charge in [0.25, 0.3) is 17.7 Å². The second kappa shape index (κ2) is 12.6. The lowest BCUT2D eigenvalue weighted by molar-refractivity contribution is -0.118. The highest BCUT2D eigenvalue weighted by Gasteiger charge is 2.42. The number of ether oxygens (including phenoxy) is 1. The van der Waals surface area contributed by atoms with E-state index in [0.717, 1.165) is 11.0 Å². The van der Waals surface area contributed by atoms with Gasteiger partial charge in [-0.15, -0.1) is 0 Å². The van der Waals surface area contributed by atoms with E-state index in [-0.39, 0.29) is 28.7 Å². The number of hydrogen-bond donors (Lipinski definition) is 3. The van der Waals surface area contributed by atoms with Crippen molar-refractivity contribution in [3.8, 4) is 0 Å². The summed E-state index contributed by atoms with van der Waals surface area (Å²) < 4.78 is 49.2. The smallest absolute Gasteiger partial charge is 0.318 e. The number of nitrogens with one attached hydrogen (secondary N) is 3. The number of halogens is 4. The summed E-state index contributed by atoms with van der Waals surface area (Å²) in [6.07, 6.45) is 2.75. The molecule has 1 aliphatic heterocycles. The van der Waals surface area contributed by atoms with Crippen LogP contribution in [0.25, 0.3) is 0 Å². The molecule has 15 heteroatoms. The van der Waals surface area contributed by atoms with Crippen LogP contribution in [0.5, 0.6) is 0 Å². The molecule has 4 amide bonds. The van der Waals surface area contributed by atoms with Crippen LogP contribution in [-0.2, 0) is 16.1 Å². The maximum atomic E-state index is 14.3. The summed E-state index contributed by atoms with van der Waals surface area (Å²) in [5, 5.41) is 11.2. The number of urea groups is 1. The van der Waals surface area contributed by atoms with Crippen molar-refractivity contribution in [2.24, 2.45) is 0 Å². The molecule has 1 aliphatic rings. The molecule has 1 aromatic carbocycles. The molecule has 0 bridgehead atoms. The fraction of sp³-hybridized carbons (Fsp3) is 0.346. The van der Waals surface area contributed by atoms with Gasteiger partial charge in [0.1, 0.15) is 23.4 Å². The monoisotopic (exact) mass is 593 g/mol. The summed E-state index contributed by atoms with van der Waals surface area (Å²) in [5.41, 5.74) is 0.634. The van der Waals surface area contributed by atoms with Crippen LogP contribution < -0.4 is 16.0 Å². The number of aromatic nitrogens is 3. The molecule has 1 saturated heterocycles. The van der Waals surface area contributed by atoms with E-state index in [4.69, 9.17) is 16.3 Å². The third-order valence-corrected chi connectivity index (χ3v) is 6.65. The largest absolute Gasteiger partial charge is 0.382 e. The van der Waals surface area contributed by atoms with Crippen LogP contribution >= 0.6 is 11.6 Å².